The average Bonchev–Trinajstić information content (AvgIpc) is 3.69. The number of para-hydroxylation sites is 3. The van der Waals surface area contributed by atoms with Gasteiger partial charge in [-0.3, -0.25) is 0 Å². The normalized spacial score (nSPS) is 11.5. The molecule has 0 aliphatic heterocycles. The molecule has 12 aromatic rings. The van der Waals surface area contributed by atoms with E-state index in [-0.39, 0.29) is 0 Å². The molecule has 11 aromatic carbocycles. The lowest BCUT2D eigenvalue weighted by molar-refractivity contribution is 1.18. The molecule has 0 spiro atoms. The second-order valence-corrected chi connectivity index (χ2v) is 16.1. The summed E-state index contributed by atoms with van der Waals surface area (Å²) >= 11 is 0. The highest BCUT2D eigenvalue weighted by Gasteiger charge is 2.21. The van der Waals surface area contributed by atoms with Gasteiger partial charge in [0.25, 0.3) is 0 Å². The SMILES string of the molecule is c1ccc(N(c2cccc3ccccc23)c2ccc(-c3ccc(N(c4ccc5c(c4)c4ccccc4n5-c4ccccc4)c4cccc5ccccc45)cc3)c3ccccc23)cc1. The topological polar surface area (TPSA) is 11.4 Å². The molecule has 0 amide bonds. The van der Waals surface area contributed by atoms with E-state index in [4.69, 9.17) is 0 Å². The number of anilines is 6. The Morgan fingerprint density at radius 3 is 1.46 bits per heavy atom. The Bertz CT molecular complexity index is 3620. The molecule has 0 bridgehead atoms. The second kappa shape index (κ2) is 15.3. The summed E-state index contributed by atoms with van der Waals surface area (Å²) in [4.78, 5) is 4.83. The highest BCUT2D eigenvalue weighted by Crippen LogP contribution is 2.46. The van der Waals surface area contributed by atoms with Crippen molar-refractivity contribution >= 4 is 88.2 Å². The van der Waals surface area contributed by atoms with Gasteiger partial charge in [-0.05, 0) is 106 Å². The van der Waals surface area contributed by atoms with Crippen molar-refractivity contribution in [3.8, 4) is 16.8 Å². The Balaban J connectivity index is 1.00. The van der Waals surface area contributed by atoms with Gasteiger partial charge in [0.05, 0.1) is 28.1 Å². The number of hydrogen-bond acceptors (Lipinski definition) is 2. The number of benzene rings is 11. The first kappa shape index (κ1) is 36.5. The molecule has 63 heavy (non-hydrogen) atoms. The van der Waals surface area contributed by atoms with Gasteiger partial charge in [0, 0.05) is 49.7 Å². The Hall–Kier alpha value is -8.40. The Morgan fingerprint density at radius 1 is 0.270 bits per heavy atom. The molecule has 1 heterocycles. The van der Waals surface area contributed by atoms with Crippen LogP contribution in [0.5, 0.6) is 0 Å². The van der Waals surface area contributed by atoms with E-state index in [1.54, 1.807) is 0 Å². The molecule has 3 nitrogen and oxygen atoms in total. The number of aromatic nitrogens is 1. The molecule has 1 aromatic heterocycles. The zero-order valence-corrected chi connectivity index (χ0v) is 34.5. The van der Waals surface area contributed by atoms with Gasteiger partial charge in [0.2, 0.25) is 0 Å². The van der Waals surface area contributed by atoms with Crippen LogP contribution in [0.3, 0.4) is 0 Å². The summed E-state index contributed by atoms with van der Waals surface area (Å²) in [6, 6.07) is 90.2. The van der Waals surface area contributed by atoms with Crippen LogP contribution in [0.15, 0.2) is 249 Å². The van der Waals surface area contributed by atoms with Crippen LogP contribution in [0.1, 0.15) is 0 Å². The summed E-state index contributed by atoms with van der Waals surface area (Å²) in [6.45, 7) is 0. The highest BCUT2D eigenvalue weighted by molar-refractivity contribution is 6.12. The Kier molecular flexibility index (Phi) is 8.83. The molecule has 0 radical (unpaired) electrons. The van der Waals surface area contributed by atoms with Crippen molar-refractivity contribution < 1.29 is 0 Å². The van der Waals surface area contributed by atoms with Crippen LogP contribution in [-0.2, 0) is 0 Å². The van der Waals surface area contributed by atoms with Crippen molar-refractivity contribution in [1.29, 1.82) is 0 Å². The molecular formula is C60H41N3. The van der Waals surface area contributed by atoms with E-state index in [0.29, 0.717) is 0 Å². The van der Waals surface area contributed by atoms with E-state index in [2.05, 4.69) is 263 Å². The number of rotatable bonds is 8. The van der Waals surface area contributed by atoms with E-state index in [9.17, 15) is 0 Å². The zero-order chi connectivity index (χ0) is 41.7. The van der Waals surface area contributed by atoms with Gasteiger partial charge in [-0.15, -0.1) is 0 Å². The molecule has 0 saturated heterocycles. The first-order valence-electron chi connectivity index (χ1n) is 21.6. The third-order valence-corrected chi connectivity index (χ3v) is 12.5. The summed E-state index contributed by atoms with van der Waals surface area (Å²) < 4.78 is 2.38. The van der Waals surface area contributed by atoms with Crippen molar-refractivity contribution in [3.63, 3.8) is 0 Å². The maximum Gasteiger partial charge on any atom is 0.0542 e. The predicted octanol–water partition coefficient (Wildman–Crippen LogP) is 16.8. The third-order valence-electron chi connectivity index (χ3n) is 12.5. The minimum absolute atomic E-state index is 1.09. The quantitative estimate of drug-likeness (QED) is 0.152. The number of fused-ring (bicyclic) bond motifs is 6. The van der Waals surface area contributed by atoms with Gasteiger partial charge in [-0.2, -0.15) is 0 Å². The zero-order valence-electron chi connectivity index (χ0n) is 34.5. The molecule has 3 heteroatoms. The second-order valence-electron chi connectivity index (χ2n) is 16.1. The van der Waals surface area contributed by atoms with E-state index >= 15 is 0 Å². The summed E-state index contributed by atoms with van der Waals surface area (Å²) in [5, 5.41) is 9.68. The number of nitrogens with zero attached hydrogens (tertiary/aromatic N) is 3. The minimum atomic E-state index is 1.09. The molecule has 0 N–H and O–H groups in total. The van der Waals surface area contributed by atoms with Crippen LogP contribution in [0, 0.1) is 0 Å². The van der Waals surface area contributed by atoms with Gasteiger partial charge in [0.1, 0.15) is 0 Å². The number of hydrogen-bond donors (Lipinski definition) is 0. The molecule has 0 atom stereocenters. The van der Waals surface area contributed by atoms with Crippen LogP contribution in [0.4, 0.5) is 34.1 Å². The first-order valence-corrected chi connectivity index (χ1v) is 21.6. The summed E-state index contributed by atoms with van der Waals surface area (Å²) in [5.74, 6) is 0. The van der Waals surface area contributed by atoms with Gasteiger partial charge < -0.3 is 14.4 Å². The third kappa shape index (κ3) is 6.21. The first-order chi connectivity index (χ1) is 31.3. The standard InChI is InChI=1S/C60H41N3/c1-3-21-45(22-4-1)62(57-32-16-20-43-18-8-10-26-51(43)57)59-40-38-49(52-27-11-12-28-53(52)59)44-33-35-47(36-34-44)61(56-31-15-19-42-17-7-9-25-50(42)56)48-37-39-60-55(41-48)54-29-13-14-30-58(54)63(60)46-23-5-2-6-24-46/h1-41H. The molecule has 0 aliphatic rings. The Morgan fingerprint density at radius 2 is 0.762 bits per heavy atom. The highest BCUT2D eigenvalue weighted by atomic mass is 15.2. The maximum absolute atomic E-state index is 2.42. The van der Waals surface area contributed by atoms with E-state index in [0.717, 1.165) is 45.4 Å². The molecule has 0 unspecified atom stereocenters. The predicted molar refractivity (Wildman–Crippen MR) is 268 cm³/mol. The van der Waals surface area contributed by atoms with Crippen LogP contribution < -0.4 is 9.80 Å². The van der Waals surface area contributed by atoms with E-state index in [1.807, 2.05) is 0 Å². The lowest BCUT2D eigenvalue weighted by Gasteiger charge is -2.29. The van der Waals surface area contributed by atoms with Crippen LogP contribution in [-0.4, -0.2) is 4.57 Å². The molecule has 0 fully saturated rings. The Labute approximate surface area is 366 Å². The van der Waals surface area contributed by atoms with Gasteiger partial charge in [0.15, 0.2) is 0 Å². The van der Waals surface area contributed by atoms with Crippen molar-refractivity contribution in [1.82, 2.24) is 4.57 Å². The fraction of sp³-hybridized carbons (Fsp3) is 0. The van der Waals surface area contributed by atoms with Gasteiger partial charge >= 0.3 is 0 Å². The lowest BCUT2D eigenvalue weighted by atomic mass is 9.95. The van der Waals surface area contributed by atoms with Crippen molar-refractivity contribution in [2.45, 2.75) is 0 Å². The average molecular weight is 804 g/mol. The van der Waals surface area contributed by atoms with Gasteiger partial charge in [-0.1, -0.05) is 170 Å². The van der Waals surface area contributed by atoms with E-state index < -0.39 is 0 Å². The summed E-state index contributed by atoms with van der Waals surface area (Å²) in [5.41, 5.74) is 12.6. The largest absolute Gasteiger partial charge is 0.310 e. The maximum atomic E-state index is 2.42. The lowest BCUT2D eigenvalue weighted by Crippen LogP contribution is -2.11. The van der Waals surface area contributed by atoms with Gasteiger partial charge in [-0.25, -0.2) is 0 Å². The monoisotopic (exact) mass is 803 g/mol. The molecular weight excluding hydrogens is 763 g/mol. The molecule has 0 saturated carbocycles. The summed E-state index contributed by atoms with van der Waals surface area (Å²) in [6.07, 6.45) is 0. The van der Waals surface area contributed by atoms with Crippen molar-refractivity contribution in [2.75, 3.05) is 9.80 Å². The minimum Gasteiger partial charge on any atom is -0.310 e. The van der Waals surface area contributed by atoms with Crippen LogP contribution >= 0.6 is 0 Å². The summed E-state index contributed by atoms with van der Waals surface area (Å²) in [7, 11) is 0. The molecule has 0 aliphatic carbocycles. The van der Waals surface area contributed by atoms with Crippen LogP contribution in [0.2, 0.25) is 0 Å². The molecule has 12 rings (SSSR count). The van der Waals surface area contributed by atoms with Crippen LogP contribution in [0.25, 0.3) is 70.9 Å². The fourth-order valence-electron chi connectivity index (χ4n) is 9.69. The van der Waals surface area contributed by atoms with Crippen molar-refractivity contribution in [2.24, 2.45) is 0 Å². The van der Waals surface area contributed by atoms with E-state index in [1.165, 1.54) is 59.7 Å². The van der Waals surface area contributed by atoms with Crippen molar-refractivity contribution in [3.05, 3.63) is 249 Å². The molecule has 296 valence electrons. The fourth-order valence-corrected chi connectivity index (χ4v) is 9.69. The smallest absolute Gasteiger partial charge is 0.0542 e.